The molecule has 0 saturated heterocycles. The number of hydrogen-bond donors (Lipinski definition) is 0. The number of methoxy groups -OCH3 is 1. The van der Waals surface area contributed by atoms with Crippen LogP contribution in [-0.4, -0.2) is 17.7 Å². The Bertz CT molecular complexity index is 763. The molecule has 2 aromatic rings. The van der Waals surface area contributed by atoms with Crippen molar-refractivity contribution in [2.75, 3.05) is 7.11 Å². The fourth-order valence-electron chi connectivity index (χ4n) is 2.49. The molecule has 1 unspecified atom stereocenters. The molecule has 1 heterocycles. The Labute approximate surface area is 145 Å². The van der Waals surface area contributed by atoms with Gasteiger partial charge >= 0.3 is 5.97 Å². The molecule has 1 atom stereocenters. The molecule has 0 N–H and O–H groups in total. The number of rotatable bonds is 3. The minimum atomic E-state index is -0.306. The Morgan fingerprint density at radius 1 is 1.04 bits per heavy atom. The van der Waals surface area contributed by atoms with E-state index in [1.165, 1.54) is 28.0 Å². The molecule has 0 aliphatic carbocycles. The minimum absolute atomic E-state index is 0.306. The third kappa shape index (κ3) is 3.65. The molecule has 1 aliphatic heterocycles. The van der Waals surface area contributed by atoms with Crippen LogP contribution in [0.25, 0.3) is 11.6 Å². The largest absolute Gasteiger partial charge is 0.465 e. The van der Waals surface area contributed by atoms with Crippen molar-refractivity contribution in [1.82, 2.24) is 0 Å². The van der Waals surface area contributed by atoms with E-state index in [1.807, 2.05) is 35.7 Å². The van der Waals surface area contributed by atoms with Crippen molar-refractivity contribution in [3.05, 3.63) is 59.2 Å². The van der Waals surface area contributed by atoms with Crippen LogP contribution in [-0.2, 0) is 4.74 Å². The number of fused-ring (bicyclic) bond motifs is 1. The van der Waals surface area contributed by atoms with E-state index in [-0.39, 0.29) is 5.97 Å². The first-order chi connectivity index (χ1) is 11.1. The molecule has 3 rings (SSSR count). The topological polar surface area (TPSA) is 26.3 Å². The number of ether oxygens (including phenoxy) is 1. The first kappa shape index (κ1) is 16.2. The van der Waals surface area contributed by atoms with E-state index < -0.39 is 0 Å². The van der Waals surface area contributed by atoms with Gasteiger partial charge in [0.1, 0.15) is 0 Å². The van der Waals surface area contributed by atoms with E-state index >= 15 is 0 Å². The highest BCUT2D eigenvalue weighted by Crippen LogP contribution is 2.48. The van der Waals surface area contributed by atoms with Gasteiger partial charge in [0, 0.05) is 9.79 Å². The number of carbonyl (C=O) groups excluding carboxylic acids is 1. The molecule has 1 aliphatic rings. The average molecular weight is 342 g/mol. The minimum Gasteiger partial charge on any atom is -0.465 e. The first-order valence-corrected chi connectivity index (χ1v) is 9.17. The van der Waals surface area contributed by atoms with Gasteiger partial charge in [-0.25, -0.2) is 4.79 Å². The molecular formula is C19H18O2S2. The maximum atomic E-state index is 11.5. The summed E-state index contributed by atoms with van der Waals surface area (Å²) in [6, 6.07) is 14.1. The number of thioether (sulfide) groups is 2. The highest BCUT2D eigenvalue weighted by Gasteiger charge is 2.19. The first-order valence-electron chi connectivity index (χ1n) is 7.41. The molecule has 0 radical (unpaired) electrons. The van der Waals surface area contributed by atoms with Gasteiger partial charge in [-0.1, -0.05) is 24.3 Å². The lowest BCUT2D eigenvalue weighted by Gasteiger charge is -2.05. The lowest BCUT2D eigenvalue weighted by molar-refractivity contribution is 0.0601. The zero-order chi connectivity index (χ0) is 16.4. The fourth-order valence-corrected chi connectivity index (χ4v) is 5.01. The molecular weight excluding hydrogens is 324 g/mol. The molecule has 0 spiro atoms. The molecule has 2 aromatic carbocycles. The van der Waals surface area contributed by atoms with Crippen molar-refractivity contribution in [3.8, 4) is 0 Å². The summed E-state index contributed by atoms with van der Waals surface area (Å²) in [5, 5.41) is 0. The quantitative estimate of drug-likeness (QED) is 0.537. The summed E-state index contributed by atoms with van der Waals surface area (Å²) in [5.41, 5.74) is 4.10. The van der Waals surface area contributed by atoms with E-state index in [1.54, 1.807) is 12.1 Å². The summed E-state index contributed by atoms with van der Waals surface area (Å²) < 4.78 is 5.31. The number of hydrogen-bond acceptors (Lipinski definition) is 4. The van der Waals surface area contributed by atoms with Crippen molar-refractivity contribution in [1.29, 1.82) is 0 Å². The summed E-state index contributed by atoms with van der Waals surface area (Å²) in [4.78, 5) is 14.2. The second kappa shape index (κ2) is 6.85. The Kier molecular flexibility index (Phi) is 4.83. The van der Waals surface area contributed by atoms with Crippen molar-refractivity contribution < 1.29 is 9.53 Å². The Balaban J connectivity index is 1.82. The summed E-state index contributed by atoms with van der Waals surface area (Å²) in [7, 11) is 1.39. The van der Waals surface area contributed by atoms with Crippen LogP contribution in [0.5, 0.6) is 0 Å². The molecule has 0 fully saturated rings. The smallest absolute Gasteiger partial charge is 0.337 e. The second-order valence-electron chi connectivity index (χ2n) is 5.41. The van der Waals surface area contributed by atoms with Gasteiger partial charge in [0.2, 0.25) is 0 Å². The van der Waals surface area contributed by atoms with Crippen molar-refractivity contribution >= 4 is 41.1 Å². The summed E-state index contributed by atoms with van der Waals surface area (Å²) in [5.74, 6) is -0.306. The van der Waals surface area contributed by atoms with Crippen LogP contribution in [0.4, 0.5) is 0 Å². The van der Waals surface area contributed by atoms with Gasteiger partial charge in [-0.15, -0.1) is 23.5 Å². The standard InChI is InChI=1S/C19H18O2S2/c1-12(10-14-4-6-15(7-5-14)19(20)21-3)16-8-9-17-18(11-16)23-13(2)22-17/h4-11,13H,1-3H3. The molecule has 0 bridgehead atoms. The summed E-state index contributed by atoms with van der Waals surface area (Å²) in [6.45, 7) is 4.35. The molecule has 4 heteroatoms. The number of carbonyl (C=O) groups is 1. The Morgan fingerprint density at radius 3 is 2.39 bits per heavy atom. The van der Waals surface area contributed by atoms with E-state index in [4.69, 9.17) is 4.74 Å². The van der Waals surface area contributed by atoms with Gasteiger partial charge in [-0.2, -0.15) is 0 Å². The highest BCUT2D eigenvalue weighted by atomic mass is 32.2. The third-order valence-corrected chi connectivity index (χ3v) is 6.27. The predicted octanol–water partition coefficient (Wildman–Crippen LogP) is 5.58. The Morgan fingerprint density at radius 2 is 1.70 bits per heavy atom. The monoisotopic (exact) mass is 342 g/mol. The zero-order valence-electron chi connectivity index (χ0n) is 13.3. The molecule has 0 amide bonds. The molecule has 0 aromatic heterocycles. The SMILES string of the molecule is COC(=O)c1ccc(C=C(C)c2ccc3c(c2)SC(C)S3)cc1. The normalized spacial score (nSPS) is 17.0. The summed E-state index contributed by atoms with van der Waals surface area (Å²) >= 11 is 3.84. The van der Waals surface area contributed by atoms with E-state index in [0.29, 0.717) is 10.1 Å². The molecule has 118 valence electrons. The van der Waals surface area contributed by atoms with Gasteiger partial charge in [-0.3, -0.25) is 0 Å². The maximum Gasteiger partial charge on any atom is 0.337 e. The van der Waals surface area contributed by atoms with Crippen LogP contribution in [0.1, 0.15) is 35.3 Å². The van der Waals surface area contributed by atoms with E-state index in [0.717, 1.165) is 5.56 Å². The van der Waals surface area contributed by atoms with Gasteiger partial charge in [0.05, 0.1) is 17.3 Å². The fraction of sp³-hybridized carbons (Fsp3) is 0.211. The maximum absolute atomic E-state index is 11.5. The van der Waals surface area contributed by atoms with Crippen LogP contribution in [0, 0.1) is 0 Å². The number of allylic oxidation sites excluding steroid dienone is 1. The number of esters is 1. The van der Waals surface area contributed by atoms with E-state index in [2.05, 4.69) is 38.1 Å². The van der Waals surface area contributed by atoms with Crippen LogP contribution in [0.2, 0.25) is 0 Å². The summed E-state index contributed by atoms with van der Waals surface area (Å²) in [6.07, 6.45) is 2.14. The van der Waals surface area contributed by atoms with Gasteiger partial charge in [-0.05, 0) is 54.8 Å². The zero-order valence-corrected chi connectivity index (χ0v) is 15.0. The van der Waals surface area contributed by atoms with Crippen LogP contribution in [0.3, 0.4) is 0 Å². The lowest BCUT2D eigenvalue weighted by atomic mass is 10.0. The van der Waals surface area contributed by atoms with Crippen LogP contribution < -0.4 is 0 Å². The van der Waals surface area contributed by atoms with Gasteiger partial charge < -0.3 is 4.74 Å². The Hall–Kier alpha value is -1.65. The highest BCUT2D eigenvalue weighted by molar-refractivity contribution is 8.19. The average Bonchev–Trinajstić information content (AvgIpc) is 2.93. The molecule has 23 heavy (non-hydrogen) atoms. The lowest BCUT2D eigenvalue weighted by Crippen LogP contribution is -2.00. The van der Waals surface area contributed by atoms with Crippen molar-refractivity contribution in [2.45, 2.75) is 28.2 Å². The van der Waals surface area contributed by atoms with Crippen molar-refractivity contribution in [3.63, 3.8) is 0 Å². The predicted molar refractivity (Wildman–Crippen MR) is 98.9 cm³/mol. The number of benzene rings is 2. The van der Waals surface area contributed by atoms with Crippen LogP contribution >= 0.6 is 23.5 Å². The van der Waals surface area contributed by atoms with Gasteiger partial charge in [0.15, 0.2) is 0 Å². The third-order valence-electron chi connectivity index (χ3n) is 3.70. The molecule has 2 nitrogen and oxygen atoms in total. The van der Waals surface area contributed by atoms with Crippen LogP contribution in [0.15, 0.2) is 52.3 Å². The van der Waals surface area contributed by atoms with E-state index in [9.17, 15) is 4.79 Å². The second-order valence-corrected chi connectivity index (χ2v) is 8.47. The van der Waals surface area contributed by atoms with Gasteiger partial charge in [0.25, 0.3) is 0 Å². The molecule has 0 saturated carbocycles. The van der Waals surface area contributed by atoms with Crippen molar-refractivity contribution in [2.24, 2.45) is 0 Å².